The molecule has 0 radical (unpaired) electrons. The molecule has 0 bridgehead atoms. The van der Waals surface area contributed by atoms with Crippen molar-refractivity contribution in [1.29, 1.82) is 0 Å². The van der Waals surface area contributed by atoms with Crippen LogP contribution in [0.3, 0.4) is 0 Å². The highest BCUT2D eigenvalue weighted by molar-refractivity contribution is 6.42. The van der Waals surface area contributed by atoms with E-state index in [1.807, 2.05) is 13.0 Å². The van der Waals surface area contributed by atoms with Crippen molar-refractivity contribution >= 4 is 35.0 Å². The molecule has 154 valence electrons. The van der Waals surface area contributed by atoms with E-state index in [0.29, 0.717) is 39.9 Å². The van der Waals surface area contributed by atoms with E-state index in [0.717, 1.165) is 36.9 Å². The summed E-state index contributed by atoms with van der Waals surface area (Å²) in [5.41, 5.74) is 3.41. The molecule has 0 amide bonds. The van der Waals surface area contributed by atoms with Crippen LogP contribution in [0.25, 0.3) is 0 Å². The Morgan fingerprint density at radius 3 is 2.79 bits per heavy atom. The quantitative estimate of drug-likeness (QED) is 0.695. The smallest absolute Gasteiger partial charge is 0.336 e. The zero-order valence-corrected chi connectivity index (χ0v) is 17.7. The largest absolute Gasteiger partial charge is 0.459 e. The van der Waals surface area contributed by atoms with Crippen molar-refractivity contribution in [3.8, 4) is 0 Å². The lowest BCUT2D eigenvalue weighted by atomic mass is 9.75. The third-order valence-corrected chi connectivity index (χ3v) is 6.44. The molecule has 1 N–H and O–H groups in total. The van der Waals surface area contributed by atoms with Crippen LogP contribution in [0.4, 0.5) is 0 Å². The van der Waals surface area contributed by atoms with Gasteiger partial charge in [0.05, 0.1) is 21.7 Å². The van der Waals surface area contributed by atoms with Crippen LogP contribution in [0.15, 0.2) is 40.7 Å². The predicted octanol–water partition coefficient (Wildman–Crippen LogP) is 4.68. The van der Waals surface area contributed by atoms with Crippen molar-refractivity contribution in [2.75, 3.05) is 13.2 Å². The Kier molecular flexibility index (Phi) is 6.00. The number of halogens is 2. The fourth-order valence-corrected chi connectivity index (χ4v) is 4.61. The number of rotatable bonds is 4. The first-order valence-electron chi connectivity index (χ1n) is 9.93. The average Bonchev–Trinajstić information content (AvgIpc) is 3.21. The van der Waals surface area contributed by atoms with Crippen molar-refractivity contribution in [3.63, 3.8) is 0 Å². The summed E-state index contributed by atoms with van der Waals surface area (Å²) in [5, 5.41) is 4.10. The van der Waals surface area contributed by atoms with Gasteiger partial charge in [0.1, 0.15) is 6.61 Å². The van der Waals surface area contributed by atoms with E-state index in [-0.39, 0.29) is 18.5 Å². The standard InChI is InChI=1S/C22H23Cl2NO4/c1-12-19(22(27)29-11-14-4-3-9-28-14)20(13-7-8-15(23)16(24)10-13)21-17(25-12)5-2-6-18(21)26/h7-8,10,14,20,25H,2-6,9,11H2,1H3/t14-,20+/m1/s1. The lowest BCUT2D eigenvalue weighted by Crippen LogP contribution is -2.35. The van der Waals surface area contributed by atoms with Crippen molar-refractivity contribution in [2.24, 2.45) is 0 Å². The first-order valence-corrected chi connectivity index (χ1v) is 10.7. The molecule has 1 fully saturated rings. The lowest BCUT2D eigenvalue weighted by Gasteiger charge is -2.34. The van der Waals surface area contributed by atoms with Gasteiger partial charge in [-0.1, -0.05) is 29.3 Å². The molecule has 0 aromatic heterocycles. The van der Waals surface area contributed by atoms with Crippen LogP contribution in [0.5, 0.6) is 0 Å². The van der Waals surface area contributed by atoms with Crippen LogP contribution >= 0.6 is 23.2 Å². The molecule has 3 aliphatic rings. The number of nitrogens with one attached hydrogen (secondary N) is 1. The summed E-state index contributed by atoms with van der Waals surface area (Å²) in [5.74, 6) is -0.913. The van der Waals surface area contributed by atoms with Gasteiger partial charge in [0, 0.05) is 35.9 Å². The normalized spacial score (nSPS) is 24.4. The Labute approximate surface area is 180 Å². The van der Waals surface area contributed by atoms with Crippen molar-refractivity contribution in [3.05, 3.63) is 56.3 Å². The molecule has 2 aliphatic heterocycles. The Morgan fingerprint density at radius 1 is 1.24 bits per heavy atom. The second-order valence-electron chi connectivity index (χ2n) is 7.67. The van der Waals surface area contributed by atoms with Gasteiger partial charge >= 0.3 is 5.97 Å². The van der Waals surface area contributed by atoms with Crippen LogP contribution < -0.4 is 5.32 Å². The van der Waals surface area contributed by atoms with E-state index in [2.05, 4.69) is 5.32 Å². The number of hydrogen-bond acceptors (Lipinski definition) is 5. The van der Waals surface area contributed by atoms with E-state index in [4.69, 9.17) is 32.7 Å². The van der Waals surface area contributed by atoms with Crippen LogP contribution in [-0.2, 0) is 19.1 Å². The molecule has 29 heavy (non-hydrogen) atoms. The number of dihydropyridines is 1. The van der Waals surface area contributed by atoms with Gasteiger partial charge in [0.2, 0.25) is 0 Å². The first-order chi connectivity index (χ1) is 14.0. The Balaban J connectivity index is 1.71. The van der Waals surface area contributed by atoms with Crippen LogP contribution in [0.2, 0.25) is 10.0 Å². The van der Waals surface area contributed by atoms with Crippen molar-refractivity contribution in [1.82, 2.24) is 5.32 Å². The van der Waals surface area contributed by atoms with Gasteiger partial charge in [0.15, 0.2) is 5.78 Å². The van der Waals surface area contributed by atoms with Gasteiger partial charge in [0.25, 0.3) is 0 Å². The zero-order chi connectivity index (χ0) is 20.5. The predicted molar refractivity (Wildman–Crippen MR) is 111 cm³/mol. The van der Waals surface area contributed by atoms with Gasteiger partial charge < -0.3 is 14.8 Å². The topological polar surface area (TPSA) is 64.6 Å². The molecule has 1 aromatic carbocycles. The van der Waals surface area contributed by atoms with E-state index in [1.165, 1.54) is 0 Å². The number of benzene rings is 1. The maximum Gasteiger partial charge on any atom is 0.336 e. The third kappa shape index (κ3) is 4.09. The Hall–Kier alpha value is -1.82. The summed E-state index contributed by atoms with van der Waals surface area (Å²) in [6.07, 6.45) is 3.83. The summed E-state index contributed by atoms with van der Waals surface area (Å²) in [6, 6.07) is 5.24. The molecule has 2 atom stereocenters. The highest BCUT2D eigenvalue weighted by atomic mass is 35.5. The maximum absolute atomic E-state index is 13.1. The molecule has 5 nitrogen and oxygen atoms in total. The number of ether oxygens (including phenoxy) is 2. The molecular weight excluding hydrogens is 413 g/mol. The zero-order valence-electron chi connectivity index (χ0n) is 16.2. The van der Waals surface area contributed by atoms with Gasteiger partial charge in [-0.25, -0.2) is 4.79 Å². The molecule has 1 aromatic rings. The first kappa shape index (κ1) is 20.5. The number of ketones is 1. The van der Waals surface area contributed by atoms with Gasteiger partial charge in [-0.3, -0.25) is 4.79 Å². The van der Waals surface area contributed by atoms with Crippen molar-refractivity contribution in [2.45, 2.75) is 51.0 Å². The number of Topliss-reactive ketones (excluding diaryl/α,β-unsaturated/α-hetero) is 1. The van der Waals surface area contributed by atoms with Gasteiger partial charge in [-0.15, -0.1) is 0 Å². The Morgan fingerprint density at radius 2 is 2.07 bits per heavy atom. The summed E-state index contributed by atoms with van der Waals surface area (Å²) >= 11 is 12.4. The number of carbonyl (C=O) groups excluding carboxylic acids is 2. The third-order valence-electron chi connectivity index (χ3n) is 5.70. The van der Waals surface area contributed by atoms with Crippen molar-refractivity contribution < 1.29 is 19.1 Å². The minimum Gasteiger partial charge on any atom is -0.459 e. The fourth-order valence-electron chi connectivity index (χ4n) is 4.30. The summed E-state index contributed by atoms with van der Waals surface area (Å²) in [7, 11) is 0. The molecule has 4 rings (SSSR count). The highest BCUT2D eigenvalue weighted by Gasteiger charge is 2.39. The number of carbonyl (C=O) groups is 2. The Bertz CT molecular complexity index is 915. The molecule has 2 heterocycles. The second-order valence-corrected chi connectivity index (χ2v) is 8.49. The summed E-state index contributed by atoms with van der Waals surface area (Å²) < 4.78 is 11.2. The van der Waals surface area contributed by atoms with Crippen LogP contribution in [0, 0.1) is 0 Å². The number of allylic oxidation sites excluding steroid dienone is 3. The highest BCUT2D eigenvalue weighted by Crippen LogP contribution is 2.43. The second kappa shape index (κ2) is 8.50. The monoisotopic (exact) mass is 435 g/mol. The minimum absolute atomic E-state index is 0.0479. The molecule has 0 spiro atoms. The minimum atomic E-state index is -0.522. The summed E-state index contributed by atoms with van der Waals surface area (Å²) in [4.78, 5) is 26.0. The summed E-state index contributed by atoms with van der Waals surface area (Å²) in [6.45, 7) is 2.75. The number of esters is 1. The van der Waals surface area contributed by atoms with Crippen LogP contribution in [-0.4, -0.2) is 31.1 Å². The molecule has 1 saturated heterocycles. The maximum atomic E-state index is 13.1. The molecule has 0 saturated carbocycles. The molecule has 0 unspecified atom stereocenters. The van der Waals surface area contributed by atoms with E-state index in [1.54, 1.807) is 12.1 Å². The van der Waals surface area contributed by atoms with E-state index in [9.17, 15) is 9.59 Å². The molecular formula is C22H23Cl2NO4. The molecule has 1 aliphatic carbocycles. The van der Waals surface area contributed by atoms with E-state index >= 15 is 0 Å². The SMILES string of the molecule is CC1=C(C(=O)OC[C@H]2CCCO2)[C@H](c2ccc(Cl)c(Cl)c2)C2=C(CCCC2=O)N1. The van der Waals surface area contributed by atoms with Crippen LogP contribution in [0.1, 0.15) is 50.5 Å². The lowest BCUT2D eigenvalue weighted by molar-refractivity contribution is -0.142. The van der Waals surface area contributed by atoms with Gasteiger partial charge in [-0.2, -0.15) is 0 Å². The fraction of sp³-hybridized carbons (Fsp3) is 0.455. The average molecular weight is 436 g/mol. The van der Waals surface area contributed by atoms with E-state index < -0.39 is 11.9 Å². The molecule has 7 heteroatoms. The van der Waals surface area contributed by atoms with Gasteiger partial charge in [-0.05, 0) is 50.3 Å². The number of hydrogen-bond donors (Lipinski definition) is 1.